The predicted molar refractivity (Wildman–Crippen MR) is 205 cm³/mol. The molecule has 1 nitrogen and oxygen atoms in total. The number of unbranched alkanes of at least 4 members (excludes halogenated alkanes) is 1. The van der Waals surface area contributed by atoms with Crippen molar-refractivity contribution in [1.82, 2.24) is 0 Å². The summed E-state index contributed by atoms with van der Waals surface area (Å²) in [4.78, 5) is 0. The average Bonchev–Trinajstić information content (AvgIpc) is 3.73. The van der Waals surface area contributed by atoms with Crippen LogP contribution in [0.3, 0.4) is 0 Å². The smallest absolute Gasteiger partial charge is 0.127 e. The molecule has 0 N–H and O–H groups in total. The molecule has 0 saturated heterocycles. The molecule has 0 bridgehead atoms. The summed E-state index contributed by atoms with van der Waals surface area (Å²) in [5.74, 6) is 9.16. The Balaban J connectivity index is 1.23. The van der Waals surface area contributed by atoms with Gasteiger partial charge in [-0.25, -0.2) is 0 Å². The molecule has 3 aliphatic rings. The quantitative estimate of drug-likeness (QED) is 0.169. The summed E-state index contributed by atoms with van der Waals surface area (Å²) < 4.78 is 6.29. The molecular formula is C47H66O. The van der Waals surface area contributed by atoms with Gasteiger partial charge >= 0.3 is 0 Å². The van der Waals surface area contributed by atoms with Gasteiger partial charge in [0.1, 0.15) is 11.5 Å². The van der Waals surface area contributed by atoms with Gasteiger partial charge in [0, 0.05) is 5.41 Å². The van der Waals surface area contributed by atoms with Crippen LogP contribution in [0.4, 0.5) is 0 Å². The molecule has 3 aromatic carbocycles. The standard InChI is InChI=1S/C47H66O/c1-7-9-13-45-44-28-29-47(40-20-16-36(8-2)17-21-40,41-22-26-43(27-23-41)48-42-24-14-34(5)15-25-42)32-39(44)31-46(45)38-19-18-37(30-38)35(6)12-10-11-33(3)4/h14-17,20-27,33,35,37-39,44-46H,7-13,18-19,28-32H2,1-6H3. The minimum absolute atomic E-state index is 0.0865. The van der Waals surface area contributed by atoms with Crippen LogP contribution in [0.15, 0.2) is 72.8 Å². The summed E-state index contributed by atoms with van der Waals surface area (Å²) >= 11 is 0. The summed E-state index contributed by atoms with van der Waals surface area (Å²) in [6.07, 6.45) is 19.5. The van der Waals surface area contributed by atoms with Crippen molar-refractivity contribution < 1.29 is 4.74 Å². The summed E-state index contributed by atoms with van der Waals surface area (Å²) in [6, 6.07) is 27.4. The summed E-state index contributed by atoms with van der Waals surface area (Å²) in [5.41, 5.74) is 5.82. The van der Waals surface area contributed by atoms with Crippen LogP contribution in [0, 0.1) is 54.3 Å². The summed E-state index contributed by atoms with van der Waals surface area (Å²) in [7, 11) is 0. The highest BCUT2D eigenvalue weighted by atomic mass is 16.5. The Bertz CT molecular complexity index is 1400. The number of fused-ring (bicyclic) bond motifs is 1. The highest BCUT2D eigenvalue weighted by Crippen LogP contribution is 2.61. The molecule has 0 aromatic heterocycles. The first-order chi connectivity index (χ1) is 23.3. The minimum atomic E-state index is 0.0865. The van der Waals surface area contributed by atoms with Crippen LogP contribution in [0.25, 0.3) is 0 Å². The SMILES string of the molecule is CCCCC1C2CCC(c3ccc(CC)cc3)(c3ccc(Oc4ccc(C)cc4)cc3)CC2CC1C1CCC(C(C)CCCC(C)C)C1. The fourth-order valence-electron chi connectivity index (χ4n) is 10.8. The number of hydrogen-bond donors (Lipinski definition) is 0. The van der Waals surface area contributed by atoms with E-state index in [2.05, 4.69) is 114 Å². The third-order valence-electron chi connectivity index (χ3n) is 13.6. The molecule has 3 aliphatic carbocycles. The fraction of sp³-hybridized carbons (Fsp3) is 0.617. The van der Waals surface area contributed by atoms with Gasteiger partial charge in [0.2, 0.25) is 0 Å². The Morgan fingerprint density at radius 1 is 0.708 bits per heavy atom. The summed E-state index contributed by atoms with van der Waals surface area (Å²) in [5, 5.41) is 0. The van der Waals surface area contributed by atoms with Crippen molar-refractivity contribution in [1.29, 1.82) is 0 Å². The molecular weight excluding hydrogens is 581 g/mol. The van der Waals surface area contributed by atoms with Crippen molar-refractivity contribution in [3.8, 4) is 11.5 Å². The zero-order valence-corrected chi connectivity index (χ0v) is 31.4. The Labute approximate surface area is 294 Å². The van der Waals surface area contributed by atoms with Crippen LogP contribution in [-0.2, 0) is 11.8 Å². The second kappa shape index (κ2) is 16.0. The lowest BCUT2D eigenvalue weighted by atomic mass is 9.59. The molecule has 3 saturated carbocycles. The van der Waals surface area contributed by atoms with Crippen molar-refractivity contribution in [3.05, 3.63) is 95.1 Å². The monoisotopic (exact) mass is 647 g/mol. The molecule has 3 fully saturated rings. The second-order valence-corrected chi connectivity index (χ2v) is 17.1. The van der Waals surface area contributed by atoms with Crippen LogP contribution in [0.2, 0.25) is 0 Å². The van der Waals surface area contributed by atoms with Gasteiger partial charge in [-0.05, 0) is 153 Å². The maximum atomic E-state index is 6.29. The maximum Gasteiger partial charge on any atom is 0.127 e. The Morgan fingerprint density at radius 3 is 2.02 bits per heavy atom. The molecule has 6 rings (SSSR count). The molecule has 1 heteroatoms. The van der Waals surface area contributed by atoms with E-state index in [1.165, 1.54) is 106 Å². The third-order valence-corrected chi connectivity index (χ3v) is 13.6. The van der Waals surface area contributed by atoms with E-state index >= 15 is 0 Å². The van der Waals surface area contributed by atoms with Crippen LogP contribution >= 0.6 is 0 Å². The van der Waals surface area contributed by atoms with Crippen molar-refractivity contribution >= 4 is 0 Å². The van der Waals surface area contributed by atoms with Gasteiger partial charge in [0.15, 0.2) is 0 Å². The van der Waals surface area contributed by atoms with Crippen molar-refractivity contribution in [2.24, 2.45) is 47.3 Å². The van der Waals surface area contributed by atoms with E-state index in [1.54, 1.807) is 0 Å². The molecule has 0 heterocycles. The lowest BCUT2D eigenvalue weighted by Gasteiger charge is -2.45. The molecule has 0 aliphatic heterocycles. The number of rotatable bonds is 14. The number of ether oxygens (including phenoxy) is 1. The molecule has 260 valence electrons. The lowest BCUT2D eigenvalue weighted by Crippen LogP contribution is -2.38. The van der Waals surface area contributed by atoms with E-state index in [0.29, 0.717) is 0 Å². The molecule has 3 aromatic rings. The highest BCUT2D eigenvalue weighted by Gasteiger charge is 2.53. The molecule has 48 heavy (non-hydrogen) atoms. The first-order valence-electron chi connectivity index (χ1n) is 20.2. The molecule has 8 unspecified atom stereocenters. The maximum absolute atomic E-state index is 6.29. The summed E-state index contributed by atoms with van der Waals surface area (Å²) in [6.45, 7) is 14.2. The van der Waals surface area contributed by atoms with Gasteiger partial charge in [-0.3, -0.25) is 0 Å². The van der Waals surface area contributed by atoms with E-state index in [4.69, 9.17) is 4.74 Å². The Hall–Kier alpha value is -2.54. The van der Waals surface area contributed by atoms with Crippen LogP contribution in [0.1, 0.15) is 140 Å². The second-order valence-electron chi connectivity index (χ2n) is 17.1. The topological polar surface area (TPSA) is 9.23 Å². The Kier molecular flexibility index (Phi) is 11.8. The van der Waals surface area contributed by atoms with E-state index < -0.39 is 0 Å². The molecule has 8 atom stereocenters. The molecule has 0 radical (unpaired) electrons. The zero-order chi connectivity index (χ0) is 33.7. The van der Waals surface area contributed by atoms with Crippen molar-refractivity contribution in [2.75, 3.05) is 0 Å². The highest BCUT2D eigenvalue weighted by molar-refractivity contribution is 5.44. The van der Waals surface area contributed by atoms with Gasteiger partial charge < -0.3 is 4.74 Å². The Morgan fingerprint density at radius 2 is 1.38 bits per heavy atom. The number of benzene rings is 3. The fourth-order valence-corrected chi connectivity index (χ4v) is 10.8. The predicted octanol–water partition coefficient (Wildman–Crippen LogP) is 13.8. The van der Waals surface area contributed by atoms with Gasteiger partial charge in [-0.2, -0.15) is 0 Å². The van der Waals surface area contributed by atoms with Gasteiger partial charge in [-0.1, -0.05) is 121 Å². The lowest BCUT2D eigenvalue weighted by molar-refractivity contribution is 0.149. The van der Waals surface area contributed by atoms with E-state index in [1.807, 2.05) is 0 Å². The molecule has 0 amide bonds. The van der Waals surface area contributed by atoms with Crippen LogP contribution in [-0.4, -0.2) is 0 Å². The average molecular weight is 647 g/mol. The van der Waals surface area contributed by atoms with E-state index in [0.717, 1.165) is 65.3 Å². The minimum Gasteiger partial charge on any atom is -0.457 e. The number of hydrogen-bond acceptors (Lipinski definition) is 1. The van der Waals surface area contributed by atoms with E-state index in [9.17, 15) is 0 Å². The van der Waals surface area contributed by atoms with Crippen molar-refractivity contribution in [2.45, 2.75) is 137 Å². The van der Waals surface area contributed by atoms with E-state index in [-0.39, 0.29) is 5.41 Å². The number of aryl methyl sites for hydroxylation is 2. The van der Waals surface area contributed by atoms with Crippen LogP contribution < -0.4 is 4.74 Å². The normalized spacial score (nSPS) is 29.2. The largest absolute Gasteiger partial charge is 0.457 e. The van der Waals surface area contributed by atoms with Gasteiger partial charge in [0.25, 0.3) is 0 Å². The van der Waals surface area contributed by atoms with Gasteiger partial charge in [-0.15, -0.1) is 0 Å². The van der Waals surface area contributed by atoms with Crippen molar-refractivity contribution in [3.63, 3.8) is 0 Å². The van der Waals surface area contributed by atoms with Crippen LogP contribution in [0.5, 0.6) is 11.5 Å². The molecule has 0 spiro atoms. The first kappa shape index (κ1) is 35.3. The zero-order valence-electron chi connectivity index (χ0n) is 31.4. The van der Waals surface area contributed by atoms with Gasteiger partial charge in [0.05, 0.1) is 0 Å². The third kappa shape index (κ3) is 7.92. The first-order valence-corrected chi connectivity index (χ1v) is 20.2.